The summed E-state index contributed by atoms with van der Waals surface area (Å²) < 4.78 is 16.7. The number of hydrogen-bond acceptors (Lipinski definition) is 6. The zero-order valence-electron chi connectivity index (χ0n) is 20.4. The van der Waals surface area contributed by atoms with Crippen molar-refractivity contribution in [3.05, 3.63) is 83.8 Å². The molecule has 3 aromatic carbocycles. The Morgan fingerprint density at radius 3 is 2.61 bits per heavy atom. The highest BCUT2D eigenvalue weighted by Gasteiger charge is 2.18. The maximum atomic E-state index is 12.5. The summed E-state index contributed by atoms with van der Waals surface area (Å²) >= 11 is 0. The molecule has 3 N–H and O–H groups in total. The maximum absolute atomic E-state index is 12.5. The highest BCUT2D eigenvalue weighted by Crippen LogP contribution is 2.37. The van der Waals surface area contributed by atoms with E-state index < -0.39 is 6.03 Å². The monoisotopic (exact) mass is 509 g/mol. The standard InChI is InChI=1S/C28H23N5O5/c1-29-24-15-21-23(16-26(24)37-12-11-36-2)30-10-9-25(21)38-20-6-3-18(4-7-20)31-28(35)32-19-5-8-22-17(13-19)14-27(34)33-22/h3-10,13,15-16H,11-12,14H2,2H3,(H,33,34)(H2,31,32,35). The molecule has 0 bridgehead atoms. The van der Waals surface area contributed by atoms with E-state index in [4.69, 9.17) is 20.8 Å². The zero-order valence-corrected chi connectivity index (χ0v) is 20.4. The number of fused-ring (bicyclic) bond motifs is 2. The number of urea groups is 1. The minimum Gasteiger partial charge on any atom is -0.502 e. The number of amides is 3. The first-order chi connectivity index (χ1) is 18.5. The fourth-order valence-corrected chi connectivity index (χ4v) is 4.00. The second kappa shape index (κ2) is 10.9. The molecule has 3 amide bonds. The molecule has 2 heterocycles. The van der Waals surface area contributed by atoms with Gasteiger partial charge in [-0.25, -0.2) is 9.64 Å². The van der Waals surface area contributed by atoms with Crippen molar-refractivity contribution in [3.8, 4) is 17.2 Å². The molecule has 190 valence electrons. The molecule has 1 aliphatic rings. The Morgan fingerprint density at radius 1 is 1.03 bits per heavy atom. The van der Waals surface area contributed by atoms with Gasteiger partial charge in [0.1, 0.15) is 23.9 Å². The first kappa shape index (κ1) is 24.5. The molecule has 1 aromatic heterocycles. The van der Waals surface area contributed by atoms with Gasteiger partial charge in [0, 0.05) is 35.8 Å². The number of aromatic nitrogens is 1. The summed E-state index contributed by atoms with van der Waals surface area (Å²) in [5, 5.41) is 8.98. The van der Waals surface area contributed by atoms with E-state index in [1.54, 1.807) is 74.0 Å². The Labute approximate surface area is 218 Å². The van der Waals surface area contributed by atoms with Crippen LogP contribution in [0.15, 0.2) is 66.9 Å². The van der Waals surface area contributed by atoms with Gasteiger partial charge in [0.15, 0.2) is 0 Å². The van der Waals surface area contributed by atoms with Crippen molar-refractivity contribution in [2.75, 3.05) is 36.3 Å². The highest BCUT2D eigenvalue weighted by atomic mass is 16.5. The Balaban J connectivity index is 1.25. The van der Waals surface area contributed by atoms with Crippen molar-refractivity contribution in [2.24, 2.45) is 0 Å². The van der Waals surface area contributed by atoms with E-state index in [9.17, 15) is 9.59 Å². The Hall–Kier alpha value is -5.14. The van der Waals surface area contributed by atoms with E-state index in [1.165, 1.54) is 0 Å². The number of anilines is 3. The summed E-state index contributed by atoms with van der Waals surface area (Å²) in [6.07, 6.45) is 1.92. The lowest BCUT2D eigenvalue weighted by Crippen LogP contribution is -2.19. The van der Waals surface area contributed by atoms with Gasteiger partial charge >= 0.3 is 6.03 Å². The molecule has 0 aliphatic carbocycles. The Kier molecular flexibility index (Phi) is 7.02. The molecule has 5 rings (SSSR count). The third kappa shape index (κ3) is 5.48. The SMILES string of the molecule is [C-]#[N+]c1cc2c(Oc3ccc(NC(=O)Nc4ccc5c(c4)CC(=O)N5)cc3)ccnc2cc1OCCOC. The summed E-state index contributed by atoms with van der Waals surface area (Å²) in [6.45, 7) is 8.25. The van der Waals surface area contributed by atoms with Crippen LogP contribution in [0.3, 0.4) is 0 Å². The van der Waals surface area contributed by atoms with Crippen LogP contribution in [0.5, 0.6) is 17.2 Å². The van der Waals surface area contributed by atoms with Crippen LogP contribution < -0.4 is 25.4 Å². The van der Waals surface area contributed by atoms with E-state index >= 15 is 0 Å². The van der Waals surface area contributed by atoms with Crippen molar-refractivity contribution in [2.45, 2.75) is 6.42 Å². The molecule has 0 fully saturated rings. The van der Waals surface area contributed by atoms with Gasteiger partial charge in [0.05, 0.1) is 25.1 Å². The maximum Gasteiger partial charge on any atom is 0.323 e. The van der Waals surface area contributed by atoms with Crippen LogP contribution in [0, 0.1) is 6.57 Å². The van der Waals surface area contributed by atoms with E-state index in [1.807, 2.05) is 0 Å². The van der Waals surface area contributed by atoms with Gasteiger partial charge in [0.2, 0.25) is 11.6 Å². The fourth-order valence-electron chi connectivity index (χ4n) is 4.00. The predicted octanol–water partition coefficient (Wildman–Crippen LogP) is 5.74. The van der Waals surface area contributed by atoms with Crippen LogP contribution in [-0.4, -0.2) is 37.2 Å². The summed E-state index contributed by atoms with van der Waals surface area (Å²) in [7, 11) is 1.58. The highest BCUT2D eigenvalue weighted by molar-refractivity contribution is 6.02. The second-order valence-corrected chi connectivity index (χ2v) is 8.40. The van der Waals surface area contributed by atoms with Crippen molar-refractivity contribution in [1.82, 2.24) is 4.98 Å². The fraction of sp³-hybridized carbons (Fsp3) is 0.143. The average Bonchev–Trinajstić information content (AvgIpc) is 3.29. The summed E-state index contributed by atoms with van der Waals surface area (Å²) in [6, 6.07) is 16.9. The van der Waals surface area contributed by atoms with Crippen LogP contribution in [0.4, 0.5) is 27.5 Å². The number of nitrogens with zero attached hydrogens (tertiary/aromatic N) is 2. The molecule has 0 spiro atoms. The molecule has 0 saturated carbocycles. The molecule has 0 unspecified atom stereocenters. The lowest BCUT2D eigenvalue weighted by molar-refractivity contribution is -0.115. The van der Waals surface area contributed by atoms with Crippen LogP contribution in [-0.2, 0) is 16.0 Å². The number of nitrogens with one attached hydrogen (secondary N) is 3. The van der Waals surface area contributed by atoms with E-state index in [-0.39, 0.29) is 5.91 Å². The molecular weight excluding hydrogens is 486 g/mol. The van der Waals surface area contributed by atoms with E-state index in [0.29, 0.717) is 64.8 Å². The third-order valence-corrected chi connectivity index (χ3v) is 5.78. The van der Waals surface area contributed by atoms with Crippen molar-refractivity contribution < 1.29 is 23.8 Å². The number of carbonyl (C=O) groups is 2. The van der Waals surface area contributed by atoms with Gasteiger partial charge in [-0.3, -0.25) is 9.78 Å². The third-order valence-electron chi connectivity index (χ3n) is 5.78. The second-order valence-electron chi connectivity index (χ2n) is 8.40. The number of pyridine rings is 1. The minimum atomic E-state index is -0.411. The number of hydrogen-bond donors (Lipinski definition) is 3. The Bertz CT molecular complexity index is 1560. The quantitative estimate of drug-likeness (QED) is 0.206. The van der Waals surface area contributed by atoms with E-state index in [2.05, 4.69) is 25.8 Å². The smallest absolute Gasteiger partial charge is 0.323 e. The minimum absolute atomic E-state index is 0.0628. The van der Waals surface area contributed by atoms with Gasteiger partial charge in [-0.1, -0.05) is 0 Å². The topological polar surface area (TPSA) is 115 Å². The van der Waals surface area contributed by atoms with Crippen LogP contribution in [0.25, 0.3) is 15.7 Å². The first-order valence-corrected chi connectivity index (χ1v) is 11.7. The molecule has 10 heteroatoms. The van der Waals surface area contributed by atoms with Gasteiger partial charge in [-0.15, -0.1) is 0 Å². The largest absolute Gasteiger partial charge is 0.502 e. The zero-order chi connectivity index (χ0) is 26.5. The van der Waals surface area contributed by atoms with Gasteiger partial charge < -0.3 is 30.2 Å². The molecule has 10 nitrogen and oxygen atoms in total. The van der Waals surface area contributed by atoms with Crippen molar-refractivity contribution >= 4 is 45.6 Å². The van der Waals surface area contributed by atoms with Crippen molar-refractivity contribution in [3.63, 3.8) is 0 Å². The van der Waals surface area contributed by atoms with Crippen LogP contribution in [0.2, 0.25) is 0 Å². The normalized spacial score (nSPS) is 11.8. The van der Waals surface area contributed by atoms with Gasteiger partial charge in [0.25, 0.3) is 0 Å². The van der Waals surface area contributed by atoms with Crippen LogP contribution >= 0.6 is 0 Å². The van der Waals surface area contributed by atoms with Crippen LogP contribution in [0.1, 0.15) is 5.56 Å². The summed E-state index contributed by atoms with van der Waals surface area (Å²) in [4.78, 5) is 31.9. The lowest BCUT2D eigenvalue weighted by Gasteiger charge is -2.13. The molecule has 0 radical (unpaired) electrons. The number of rotatable bonds is 8. The molecular formula is C28H23N5O5. The molecule has 1 aliphatic heterocycles. The number of carbonyl (C=O) groups excluding carboxylic acids is 2. The molecule has 0 saturated heterocycles. The number of ether oxygens (including phenoxy) is 3. The molecule has 4 aromatic rings. The number of methoxy groups -OCH3 is 1. The number of benzene rings is 3. The predicted molar refractivity (Wildman–Crippen MR) is 143 cm³/mol. The summed E-state index contributed by atoms with van der Waals surface area (Å²) in [5.41, 5.74) is 3.75. The van der Waals surface area contributed by atoms with Gasteiger partial charge in [-0.2, -0.15) is 0 Å². The lowest BCUT2D eigenvalue weighted by atomic mass is 10.1. The first-order valence-electron chi connectivity index (χ1n) is 11.7. The summed E-state index contributed by atoms with van der Waals surface area (Å²) in [5.74, 6) is 1.45. The molecule has 0 atom stereocenters. The van der Waals surface area contributed by atoms with Crippen molar-refractivity contribution in [1.29, 1.82) is 0 Å². The Morgan fingerprint density at radius 2 is 1.82 bits per heavy atom. The van der Waals surface area contributed by atoms with E-state index in [0.717, 1.165) is 11.3 Å². The van der Waals surface area contributed by atoms with Gasteiger partial charge in [-0.05, 0) is 66.2 Å². The molecule has 38 heavy (non-hydrogen) atoms. The average molecular weight is 510 g/mol.